The summed E-state index contributed by atoms with van der Waals surface area (Å²) in [7, 11) is 3.34. The molecule has 1 saturated carbocycles. The first-order valence-corrected chi connectivity index (χ1v) is 8.50. The van der Waals surface area contributed by atoms with Gasteiger partial charge in [-0.15, -0.1) is 0 Å². The number of aromatic amines is 1. The molecule has 2 aromatic rings. The van der Waals surface area contributed by atoms with Crippen molar-refractivity contribution < 1.29 is 4.74 Å². The molecule has 3 rings (SSSR count). The number of hydrogen-bond acceptors (Lipinski definition) is 5. The highest BCUT2D eigenvalue weighted by atomic mass is 16.5. The summed E-state index contributed by atoms with van der Waals surface area (Å²) < 4.78 is 8.97. The van der Waals surface area contributed by atoms with Crippen LogP contribution in [0, 0.1) is 5.92 Å². The molecule has 132 valence electrons. The lowest BCUT2D eigenvalue weighted by Gasteiger charge is -2.28. The highest BCUT2D eigenvalue weighted by molar-refractivity contribution is 5.73. The summed E-state index contributed by atoms with van der Waals surface area (Å²) in [5.41, 5.74) is -0.146. The van der Waals surface area contributed by atoms with Gasteiger partial charge in [0.1, 0.15) is 0 Å². The lowest BCUT2D eigenvalue weighted by molar-refractivity contribution is 0.000342. The summed E-state index contributed by atoms with van der Waals surface area (Å²) in [6.07, 6.45) is 5.24. The minimum Gasteiger partial charge on any atom is -0.376 e. The van der Waals surface area contributed by atoms with Gasteiger partial charge in [-0.05, 0) is 18.8 Å². The lowest BCUT2D eigenvalue weighted by atomic mass is 9.88. The highest BCUT2D eigenvalue weighted by Crippen LogP contribution is 2.26. The summed E-state index contributed by atoms with van der Waals surface area (Å²) in [5.74, 6) is 1.17. The first-order valence-electron chi connectivity index (χ1n) is 8.50. The van der Waals surface area contributed by atoms with Crippen molar-refractivity contribution in [2.45, 2.75) is 38.7 Å². The van der Waals surface area contributed by atoms with Crippen LogP contribution in [-0.2, 0) is 18.8 Å². The number of H-pyrrole nitrogens is 1. The van der Waals surface area contributed by atoms with Crippen molar-refractivity contribution in [1.82, 2.24) is 19.1 Å². The Kier molecular flexibility index (Phi) is 4.75. The number of nitrogens with zero attached hydrogens (tertiary/aromatic N) is 3. The van der Waals surface area contributed by atoms with Crippen molar-refractivity contribution in [1.29, 1.82) is 0 Å². The van der Waals surface area contributed by atoms with E-state index < -0.39 is 11.2 Å². The van der Waals surface area contributed by atoms with Crippen molar-refractivity contribution in [2.24, 2.45) is 20.0 Å². The van der Waals surface area contributed by atoms with Crippen LogP contribution in [0.4, 0.5) is 5.95 Å². The Morgan fingerprint density at radius 2 is 2.00 bits per heavy atom. The van der Waals surface area contributed by atoms with Crippen molar-refractivity contribution >= 4 is 17.1 Å². The fourth-order valence-corrected chi connectivity index (χ4v) is 3.37. The maximum atomic E-state index is 12.0. The van der Waals surface area contributed by atoms with Crippen LogP contribution in [0.3, 0.4) is 0 Å². The van der Waals surface area contributed by atoms with Crippen LogP contribution in [0.25, 0.3) is 11.2 Å². The van der Waals surface area contributed by atoms with Crippen LogP contribution >= 0.6 is 0 Å². The second-order valence-corrected chi connectivity index (χ2v) is 6.58. The van der Waals surface area contributed by atoms with Crippen LogP contribution in [0.15, 0.2) is 9.59 Å². The Morgan fingerprint density at radius 3 is 2.75 bits per heavy atom. The second-order valence-electron chi connectivity index (χ2n) is 6.58. The summed E-state index contributed by atoms with van der Waals surface area (Å²) in [6, 6.07) is 0. The molecule has 0 bridgehead atoms. The van der Waals surface area contributed by atoms with Crippen LogP contribution in [0.5, 0.6) is 0 Å². The first kappa shape index (κ1) is 16.8. The molecule has 0 unspecified atom stereocenters. The smallest absolute Gasteiger partial charge is 0.329 e. The van der Waals surface area contributed by atoms with E-state index in [-0.39, 0.29) is 0 Å². The second kappa shape index (κ2) is 6.80. The zero-order chi connectivity index (χ0) is 17.3. The Morgan fingerprint density at radius 1 is 1.25 bits per heavy atom. The summed E-state index contributed by atoms with van der Waals surface area (Å²) in [5, 5.41) is 3.19. The molecular formula is C16H25N5O3. The standard InChI is InChI=1S/C16H25N5O3/c1-10-6-4-5-7-11(10)24-9-8-17-15-18-13-12(20(15)2)14(22)19-16(23)21(13)3/h10-11H,4-9H2,1-3H3,(H,17,18)(H,19,22,23)/t10-,11+/m0/s1. The third-order valence-corrected chi connectivity index (χ3v) is 4.88. The molecule has 8 heteroatoms. The van der Waals surface area contributed by atoms with E-state index in [4.69, 9.17) is 4.74 Å². The molecule has 8 nitrogen and oxygen atoms in total. The van der Waals surface area contributed by atoms with Gasteiger partial charge in [-0.3, -0.25) is 14.3 Å². The fourth-order valence-electron chi connectivity index (χ4n) is 3.37. The fraction of sp³-hybridized carbons (Fsp3) is 0.688. The molecular weight excluding hydrogens is 310 g/mol. The van der Waals surface area contributed by atoms with Gasteiger partial charge in [-0.2, -0.15) is 4.98 Å². The van der Waals surface area contributed by atoms with Crippen LogP contribution < -0.4 is 16.6 Å². The number of anilines is 1. The number of hydrogen-bond donors (Lipinski definition) is 2. The maximum Gasteiger partial charge on any atom is 0.329 e. The molecule has 0 spiro atoms. The minimum absolute atomic E-state index is 0.338. The molecule has 0 aromatic carbocycles. The van der Waals surface area contributed by atoms with Crippen molar-refractivity contribution in [2.75, 3.05) is 18.5 Å². The van der Waals surface area contributed by atoms with Crippen LogP contribution in [-0.4, -0.2) is 38.4 Å². The Hall–Kier alpha value is -2.09. The SMILES string of the molecule is C[C@H]1CCCC[C@H]1OCCNc1nc2c(c(=O)[nH]c(=O)n2C)n1C. The van der Waals surface area contributed by atoms with Gasteiger partial charge in [-0.25, -0.2) is 4.79 Å². The largest absolute Gasteiger partial charge is 0.376 e. The van der Waals surface area contributed by atoms with Crippen molar-refractivity contribution in [3.05, 3.63) is 20.8 Å². The van der Waals surface area contributed by atoms with Crippen molar-refractivity contribution in [3.8, 4) is 0 Å². The lowest BCUT2D eigenvalue weighted by Crippen LogP contribution is -2.29. The van der Waals surface area contributed by atoms with Gasteiger partial charge >= 0.3 is 5.69 Å². The highest BCUT2D eigenvalue weighted by Gasteiger charge is 2.21. The predicted molar refractivity (Wildman–Crippen MR) is 92.4 cm³/mol. The Labute approximate surface area is 139 Å². The monoisotopic (exact) mass is 335 g/mol. The average molecular weight is 335 g/mol. The quantitative estimate of drug-likeness (QED) is 0.794. The molecule has 0 radical (unpaired) electrons. The molecule has 0 aliphatic heterocycles. The van der Waals surface area contributed by atoms with E-state index in [0.717, 1.165) is 6.42 Å². The number of ether oxygens (including phenoxy) is 1. The molecule has 1 aliphatic carbocycles. The molecule has 24 heavy (non-hydrogen) atoms. The molecule has 2 heterocycles. The van der Waals surface area contributed by atoms with Gasteiger partial charge < -0.3 is 14.6 Å². The van der Waals surface area contributed by atoms with Crippen LogP contribution in [0.1, 0.15) is 32.6 Å². The average Bonchev–Trinajstić information content (AvgIpc) is 2.88. The minimum atomic E-state index is -0.466. The number of rotatable bonds is 5. The predicted octanol–water partition coefficient (Wildman–Crippen LogP) is 0.968. The van der Waals surface area contributed by atoms with Gasteiger partial charge in [0.25, 0.3) is 5.56 Å². The van der Waals surface area contributed by atoms with Gasteiger partial charge in [-0.1, -0.05) is 19.8 Å². The van der Waals surface area contributed by atoms with Gasteiger partial charge in [0.2, 0.25) is 5.95 Å². The zero-order valence-electron chi connectivity index (χ0n) is 14.5. The molecule has 2 atom stereocenters. The van der Waals surface area contributed by atoms with E-state index in [2.05, 4.69) is 22.2 Å². The molecule has 0 saturated heterocycles. The van der Waals surface area contributed by atoms with E-state index in [1.54, 1.807) is 18.7 Å². The number of imidazole rings is 1. The summed E-state index contributed by atoms with van der Waals surface area (Å²) in [4.78, 5) is 30.3. The molecule has 0 amide bonds. The van der Waals surface area contributed by atoms with Crippen LogP contribution in [0.2, 0.25) is 0 Å². The molecule has 2 aromatic heterocycles. The number of fused-ring (bicyclic) bond motifs is 1. The molecule has 2 N–H and O–H groups in total. The molecule has 1 aliphatic rings. The Balaban J connectivity index is 1.67. The maximum absolute atomic E-state index is 12.0. The topological polar surface area (TPSA) is 93.9 Å². The van der Waals surface area contributed by atoms with E-state index in [1.807, 2.05) is 0 Å². The Bertz CT molecular complexity index is 835. The third-order valence-electron chi connectivity index (χ3n) is 4.88. The normalized spacial score (nSPS) is 21.3. The zero-order valence-corrected chi connectivity index (χ0v) is 14.5. The van der Waals surface area contributed by atoms with E-state index in [1.165, 1.54) is 23.8 Å². The number of aryl methyl sites for hydroxylation is 2. The first-order chi connectivity index (χ1) is 11.5. The van der Waals surface area contributed by atoms with E-state index >= 15 is 0 Å². The van der Waals surface area contributed by atoms with Gasteiger partial charge in [0.15, 0.2) is 11.2 Å². The number of nitrogens with one attached hydrogen (secondary N) is 2. The molecule has 1 fully saturated rings. The number of aromatic nitrogens is 4. The van der Waals surface area contributed by atoms with Crippen molar-refractivity contribution in [3.63, 3.8) is 0 Å². The summed E-state index contributed by atoms with van der Waals surface area (Å²) >= 11 is 0. The van der Waals surface area contributed by atoms with E-state index in [0.29, 0.717) is 42.3 Å². The summed E-state index contributed by atoms with van der Waals surface area (Å²) in [6.45, 7) is 3.44. The third kappa shape index (κ3) is 3.10. The van der Waals surface area contributed by atoms with Gasteiger partial charge in [0, 0.05) is 20.6 Å². The van der Waals surface area contributed by atoms with Gasteiger partial charge in [0.05, 0.1) is 12.7 Å². The van der Waals surface area contributed by atoms with E-state index in [9.17, 15) is 9.59 Å².